The Bertz CT molecular complexity index is 3460. The average molecular weight is 1400 g/mol. The highest BCUT2D eigenvalue weighted by Crippen LogP contribution is 2.47. The van der Waals surface area contributed by atoms with Crippen LogP contribution in [0.3, 0.4) is 0 Å². The van der Waals surface area contributed by atoms with E-state index in [0.29, 0.717) is 34.1 Å². The number of aromatic hydroxyl groups is 1. The molecule has 0 saturated carbocycles. The molecule has 0 amide bonds. The van der Waals surface area contributed by atoms with Gasteiger partial charge in [0.25, 0.3) is 10.1 Å². The van der Waals surface area contributed by atoms with Gasteiger partial charge in [0.05, 0.1) is 76.9 Å². The molecule has 550 valence electrons. The molecule has 0 fully saturated rings. The molecule has 20 nitrogen and oxygen atoms in total. The summed E-state index contributed by atoms with van der Waals surface area (Å²) in [6.45, 7) is 12.3. The molecule has 21 heteroatoms. The van der Waals surface area contributed by atoms with Crippen molar-refractivity contribution >= 4 is 34.0 Å². The maximum atomic E-state index is 11.0. The largest absolute Gasteiger partial charge is 0.508 e. The molecule has 0 saturated heterocycles. The van der Waals surface area contributed by atoms with Crippen molar-refractivity contribution in [2.75, 3.05) is 34.7 Å². The van der Waals surface area contributed by atoms with Crippen molar-refractivity contribution in [2.24, 2.45) is 0 Å². The summed E-state index contributed by atoms with van der Waals surface area (Å²) in [5, 5.41) is 27.1. The standard InChI is InChI=1S/C26H28O2.C9H9NO4.C9H13NO3S.C9H11NO2.C8H9NO3.C8H11NO.9CH4/c1-26(2,3)28-22-14-16-24-20(17-22)11-15-23(18-7-5-4-6-8-18)25(24)19-9-12-21(27)13-10-19;1-13-8(11)6-3-4-7(10-5-6)9(12)14-2;1-3-9-5-4-8(6-10-9)7-13-14(2,11)12;1-3-8-5-4-7(6-10-8)9(11)12-2;1-12-8(11)6-2-3-7(5-10)9-4-6;1-2-8-4-3-7(6-10)5-9-8;;;;;;;;;/h4-10,12-14,16-17,23,25,27H,11,15H2,1-3H3;3-5H,1-2H3;4-6H,3,7H2,1-2H3;4-6H,3H2,1-2H3;2-4,10H,5H2,1H3;3-5,10H,2,6H2,1H3;9*1H4/t23-,25+;;;;;;;;;;;;;;/m1............../s1. The van der Waals surface area contributed by atoms with E-state index in [2.05, 4.69) is 136 Å². The zero-order chi connectivity index (χ0) is 66.2. The second-order valence-electron chi connectivity index (χ2n) is 20.8. The summed E-state index contributed by atoms with van der Waals surface area (Å²) >= 11 is 0. The number of pyridine rings is 5. The van der Waals surface area contributed by atoms with Gasteiger partial charge in [-0.05, 0) is 165 Å². The fourth-order valence-corrected chi connectivity index (χ4v) is 8.89. The molecule has 0 bridgehead atoms. The number of aromatic nitrogens is 5. The van der Waals surface area contributed by atoms with Crippen molar-refractivity contribution in [1.82, 2.24) is 24.9 Å². The number of phenolic OH excluding ortho intramolecular Hbond substituents is 1. The first-order valence-corrected chi connectivity index (χ1v) is 30.6. The lowest BCUT2D eigenvalue weighted by Crippen LogP contribution is -2.24. The Morgan fingerprint density at radius 1 is 0.495 bits per heavy atom. The van der Waals surface area contributed by atoms with Crippen LogP contribution in [0.2, 0.25) is 0 Å². The first-order chi connectivity index (χ1) is 43.0. The van der Waals surface area contributed by atoms with E-state index in [-0.39, 0.29) is 110 Å². The van der Waals surface area contributed by atoms with E-state index in [1.807, 2.05) is 44.2 Å². The number of ether oxygens (including phenoxy) is 5. The molecule has 0 spiro atoms. The number of aryl methyl sites for hydroxylation is 4. The third-order valence-corrected chi connectivity index (χ3v) is 13.7. The van der Waals surface area contributed by atoms with Crippen LogP contribution in [0.1, 0.15) is 224 Å². The summed E-state index contributed by atoms with van der Waals surface area (Å²) in [5.41, 5.74) is 11.7. The molecular formula is C78H117N5O15S. The van der Waals surface area contributed by atoms with E-state index >= 15 is 0 Å². The van der Waals surface area contributed by atoms with Gasteiger partial charge in [-0.2, -0.15) is 8.42 Å². The topological polar surface area (TPSA) is 283 Å². The third kappa shape index (κ3) is 35.2. The fraction of sp³-hybridized carbons (Fsp3) is 0.397. The minimum absolute atomic E-state index is 0. The number of carbonyl (C=O) groups excluding carboxylic acids is 4. The number of esters is 4. The fourth-order valence-electron chi connectivity index (χ4n) is 8.54. The summed E-state index contributed by atoms with van der Waals surface area (Å²) < 4.78 is 50.0. The molecule has 0 aliphatic heterocycles. The maximum Gasteiger partial charge on any atom is 0.356 e. The quantitative estimate of drug-likeness (QED) is 0.0488. The molecule has 1 aliphatic rings. The van der Waals surface area contributed by atoms with Crippen LogP contribution in [0.5, 0.6) is 11.5 Å². The number of hydrogen-bond acceptors (Lipinski definition) is 20. The Morgan fingerprint density at radius 2 is 0.929 bits per heavy atom. The number of aliphatic hydroxyl groups is 2. The number of hydrogen-bond donors (Lipinski definition) is 3. The number of benzene rings is 3. The minimum Gasteiger partial charge on any atom is -0.508 e. The van der Waals surface area contributed by atoms with Gasteiger partial charge < -0.3 is 39.0 Å². The smallest absolute Gasteiger partial charge is 0.356 e. The van der Waals surface area contributed by atoms with E-state index in [1.54, 1.807) is 42.7 Å². The van der Waals surface area contributed by atoms with Crippen molar-refractivity contribution in [2.45, 2.75) is 178 Å². The number of rotatable bonds is 15. The molecule has 0 unspecified atom stereocenters. The lowest BCUT2D eigenvalue weighted by molar-refractivity contribution is 0.0581. The number of phenols is 1. The van der Waals surface area contributed by atoms with Crippen LogP contribution in [0.25, 0.3) is 0 Å². The number of aliphatic hydroxyl groups excluding tert-OH is 2. The van der Waals surface area contributed by atoms with E-state index in [9.17, 15) is 32.7 Å². The normalized spacial score (nSPS) is 11.6. The second-order valence-corrected chi connectivity index (χ2v) is 22.5. The number of nitrogens with zero attached hydrogens (tertiary/aromatic N) is 5. The molecule has 5 aromatic heterocycles. The highest BCUT2D eigenvalue weighted by molar-refractivity contribution is 7.85. The van der Waals surface area contributed by atoms with Crippen molar-refractivity contribution in [3.63, 3.8) is 0 Å². The molecule has 3 aromatic carbocycles. The van der Waals surface area contributed by atoms with Crippen LogP contribution in [0.15, 0.2) is 164 Å². The third-order valence-electron chi connectivity index (χ3n) is 13.2. The zero-order valence-corrected chi connectivity index (χ0v) is 53.6. The SMILES string of the molecule is C.C.C.C.C.C.C.C.C.CC(C)(C)Oc1ccc2c(c1)CC[C@H](c1ccccc1)[C@@H]2c1ccc(O)cc1.CCc1ccc(C(=O)OC)cn1.CCc1ccc(CO)cn1.CCc1ccc(COS(C)(=O)=O)cn1.COC(=O)c1ccc(C(=O)OC)nc1.COC(=O)c1ccc(CO)nc1. The highest BCUT2D eigenvalue weighted by atomic mass is 32.2. The van der Waals surface area contributed by atoms with E-state index in [4.69, 9.17) is 14.9 Å². The zero-order valence-electron chi connectivity index (χ0n) is 52.8. The van der Waals surface area contributed by atoms with Gasteiger partial charge in [0.2, 0.25) is 0 Å². The maximum absolute atomic E-state index is 11.0. The molecule has 1 aliphatic carbocycles. The monoisotopic (exact) mass is 1400 g/mol. The van der Waals surface area contributed by atoms with Gasteiger partial charge in [0, 0.05) is 54.0 Å². The van der Waals surface area contributed by atoms with Crippen LogP contribution in [-0.4, -0.2) is 113 Å². The molecular weight excluding hydrogens is 1280 g/mol. The van der Waals surface area contributed by atoms with Crippen LogP contribution in [0.4, 0.5) is 0 Å². The Kier molecular flexibility index (Phi) is 52.8. The summed E-state index contributed by atoms with van der Waals surface area (Å²) in [4.78, 5) is 63.6. The van der Waals surface area contributed by atoms with E-state index in [1.165, 1.54) is 81.4 Å². The summed E-state index contributed by atoms with van der Waals surface area (Å²) in [6.07, 6.45) is 13.4. The lowest BCUT2D eigenvalue weighted by Gasteiger charge is -2.35. The number of methoxy groups -OCH3 is 4. The van der Waals surface area contributed by atoms with E-state index < -0.39 is 28.0 Å². The minimum atomic E-state index is -3.37. The Morgan fingerprint density at radius 3 is 1.30 bits per heavy atom. The van der Waals surface area contributed by atoms with Gasteiger partial charge in [-0.15, -0.1) is 0 Å². The van der Waals surface area contributed by atoms with Crippen molar-refractivity contribution in [3.05, 3.63) is 243 Å². The molecule has 99 heavy (non-hydrogen) atoms. The van der Waals surface area contributed by atoms with Gasteiger partial charge >= 0.3 is 23.9 Å². The number of fused-ring (bicyclic) bond motifs is 1. The Labute approximate surface area is 593 Å². The average Bonchev–Trinajstić information content (AvgIpc) is 0.768. The van der Waals surface area contributed by atoms with Crippen LogP contribution in [-0.2, 0) is 78.8 Å². The summed E-state index contributed by atoms with van der Waals surface area (Å²) in [5.74, 6) is 0.148. The van der Waals surface area contributed by atoms with Gasteiger partial charge in [-0.1, -0.05) is 148 Å². The van der Waals surface area contributed by atoms with Crippen LogP contribution >= 0.6 is 0 Å². The van der Waals surface area contributed by atoms with Crippen molar-refractivity contribution < 1.29 is 70.8 Å². The molecule has 9 rings (SSSR count). The first-order valence-electron chi connectivity index (χ1n) is 28.8. The second kappa shape index (κ2) is 51.9. The molecule has 2 atom stereocenters. The van der Waals surface area contributed by atoms with E-state index in [0.717, 1.165) is 72.3 Å². The predicted octanol–water partition coefficient (Wildman–Crippen LogP) is 16.9. The number of carbonyl (C=O) groups is 4. The lowest BCUT2D eigenvalue weighted by atomic mass is 9.69. The van der Waals surface area contributed by atoms with Crippen molar-refractivity contribution in [3.8, 4) is 11.5 Å². The molecule has 0 radical (unpaired) electrons. The molecule has 8 aromatic rings. The van der Waals surface area contributed by atoms with Gasteiger partial charge in [-0.25, -0.2) is 24.2 Å². The van der Waals surface area contributed by atoms with Crippen molar-refractivity contribution in [1.29, 1.82) is 0 Å². The highest BCUT2D eigenvalue weighted by Gasteiger charge is 2.32. The molecule has 5 heterocycles. The summed E-state index contributed by atoms with van der Waals surface area (Å²) in [7, 11) is 1.84. The van der Waals surface area contributed by atoms with Gasteiger partial charge in [0.15, 0.2) is 0 Å². The first kappa shape index (κ1) is 101. The van der Waals surface area contributed by atoms with Gasteiger partial charge in [0.1, 0.15) is 22.8 Å². The van der Waals surface area contributed by atoms with Crippen LogP contribution in [0, 0.1) is 0 Å². The Hall–Kier alpha value is -9.28. The summed E-state index contributed by atoms with van der Waals surface area (Å²) in [6, 6.07) is 42.1. The van der Waals surface area contributed by atoms with Gasteiger partial charge in [-0.3, -0.25) is 24.1 Å². The van der Waals surface area contributed by atoms with Crippen LogP contribution < -0.4 is 4.74 Å². The molecule has 3 N–H and O–H groups in total. The predicted molar refractivity (Wildman–Crippen MR) is 401 cm³/mol. The Balaban J connectivity index is -0.000000268.